The quantitative estimate of drug-likeness (QED) is 0.703. The van der Waals surface area contributed by atoms with Gasteiger partial charge in [0, 0.05) is 12.4 Å². The first-order chi connectivity index (χ1) is 7.15. The molecule has 0 aromatic carbocycles. The highest BCUT2D eigenvalue weighted by Crippen LogP contribution is 2.04. The Morgan fingerprint density at radius 1 is 1.67 bits per heavy atom. The number of rotatable bonds is 5. The van der Waals surface area contributed by atoms with Gasteiger partial charge in [0.1, 0.15) is 11.9 Å². The zero-order valence-electron chi connectivity index (χ0n) is 9.28. The highest BCUT2D eigenvalue weighted by Gasteiger charge is 2.22. The van der Waals surface area contributed by atoms with Gasteiger partial charge in [-0.25, -0.2) is 4.98 Å². The van der Waals surface area contributed by atoms with Crippen molar-refractivity contribution in [2.45, 2.75) is 26.4 Å². The number of H-pyrrole nitrogens is 1. The smallest absolute Gasteiger partial charge is 0.323 e. The zero-order valence-corrected chi connectivity index (χ0v) is 9.28. The van der Waals surface area contributed by atoms with E-state index in [9.17, 15) is 4.79 Å². The molecule has 0 unspecified atom stereocenters. The lowest BCUT2D eigenvalue weighted by Gasteiger charge is -2.18. The van der Waals surface area contributed by atoms with E-state index in [-0.39, 0.29) is 17.9 Å². The monoisotopic (exact) mass is 211 g/mol. The van der Waals surface area contributed by atoms with Crippen molar-refractivity contribution >= 4 is 5.97 Å². The summed E-state index contributed by atoms with van der Waals surface area (Å²) in [6.45, 7) is 4.47. The van der Waals surface area contributed by atoms with Gasteiger partial charge < -0.3 is 9.72 Å². The fourth-order valence-electron chi connectivity index (χ4n) is 1.32. The Morgan fingerprint density at radius 3 is 2.87 bits per heavy atom. The Bertz CT molecular complexity index is 296. The Kier molecular flexibility index (Phi) is 4.30. The molecule has 84 valence electrons. The molecule has 0 bridgehead atoms. The van der Waals surface area contributed by atoms with Crippen molar-refractivity contribution < 1.29 is 9.53 Å². The van der Waals surface area contributed by atoms with Crippen LogP contribution in [0.25, 0.3) is 0 Å². The summed E-state index contributed by atoms with van der Waals surface area (Å²) in [6, 6.07) is -0.292. The molecule has 0 spiro atoms. The molecule has 0 amide bonds. The minimum absolute atomic E-state index is 0.187. The van der Waals surface area contributed by atoms with Crippen molar-refractivity contribution in [1.29, 1.82) is 0 Å². The number of methoxy groups -OCH3 is 1. The second-order valence-corrected chi connectivity index (χ2v) is 3.66. The zero-order chi connectivity index (χ0) is 11.3. The Hall–Kier alpha value is -1.36. The van der Waals surface area contributed by atoms with E-state index in [1.807, 2.05) is 13.8 Å². The summed E-state index contributed by atoms with van der Waals surface area (Å²) in [5, 5.41) is 3.10. The van der Waals surface area contributed by atoms with Crippen molar-refractivity contribution in [3.63, 3.8) is 0 Å². The first kappa shape index (κ1) is 11.7. The third-order valence-corrected chi connectivity index (χ3v) is 2.17. The van der Waals surface area contributed by atoms with Crippen LogP contribution in [0.3, 0.4) is 0 Å². The van der Waals surface area contributed by atoms with Crippen LogP contribution in [0.1, 0.15) is 19.7 Å². The number of aromatic nitrogens is 2. The minimum atomic E-state index is -0.292. The maximum absolute atomic E-state index is 11.4. The van der Waals surface area contributed by atoms with E-state index in [1.165, 1.54) is 7.11 Å². The van der Waals surface area contributed by atoms with Crippen LogP contribution in [-0.2, 0) is 16.1 Å². The summed E-state index contributed by atoms with van der Waals surface area (Å²) in [5.74, 6) is 0.758. The third kappa shape index (κ3) is 3.36. The molecular weight excluding hydrogens is 194 g/mol. The summed E-state index contributed by atoms with van der Waals surface area (Å²) < 4.78 is 4.71. The van der Waals surface area contributed by atoms with Crippen molar-refractivity contribution in [3.05, 3.63) is 18.2 Å². The molecular formula is C10H17N3O2. The van der Waals surface area contributed by atoms with E-state index >= 15 is 0 Å². The molecule has 1 heterocycles. The lowest BCUT2D eigenvalue weighted by Crippen LogP contribution is -2.41. The highest BCUT2D eigenvalue weighted by atomic mass is 16.5. The molecule has 0 aliphatic rings. The molecule has 0 aliphatic carbocycles. The lowest BCUT2D eigenvalue weighted by atomic mass is 10.0. The van der Waals surface area contributed by atoms with Gasteiger partial charge in [0.25, 0.3) is 0 Å². The third-order valence-electron chi connectivity index (χ3n) is 2.17. The van der Waals surface area contributed by atoms with Crippen molar-refractivity contribution in [3.8, 4) is 0 Å². The number of carbonyl (C=O) groups is 1. The van der Waals surface area contributed by atoms with Gasteiger partial charge in [0.15, 0.2) is 0 Å². The van der Waals surface area contributed by atoms with Crippen LogP contribution in [-0.4, -0.2) is 29.1 Å². The maximum atomic E-state index is 11.4. The average molecular weight is 211 g/mol. The number of nitrogens with one attached hydrogen (secondary N) is 2. The number of hydrogen-bond acceptors (Lipinski definition) is 4. The molecule has 1 aromatic rings. The molecule has 2 N–H and O–H groups in total. The predicted octanol–water partition coefficient (Wildman–Crippen LogP) is 0.697. The van der Waals surface area contributed by atoms with Crippen LogP contribution >= 0.6 is 0 Å². The summed E-state index contributed by atoms with van der Waals surface area (Å²) in [6.07, 6.45) is 3.43. The number of hydrogen-bond donors (Lipinski definition) is 2. The summed E-state index contributed by atoms with van der Waals surface area (Å²) in [5.41, 5.74) is 0. The molecule has 0 saturated heterocycles. The largest absolute Gasteiger partial charge is 0.468 e. The van der Waals surface area contributed by atoms with E-state index in [0.717, 1.165) is 5.82 Å². The van der Waals surface area contributed by atoms with Gasteiger partial charge >= 0.3 is 5.97 Å². The Labute approximate surface area is 89.2 Å². The van der Waals surface area contributed by atoms with Gasteiger partial charge in [0.05, 0.1) is 13.7 Å². The second kappa shape index (κ2) is 5.50. The van der Waals surface area contributed by atoms with E-state index < -0.39 is 0 Å². The van der Waals surface area contributed by atoms with E-state index in [2.05, 4.69) is 15.3 Å². The predicted molar refractivity (Wildman–Crippen MR) is 56.1 cm³/mol. The van der Waals surface area contributed by atoms with Crippen LogP contribution in [0.4, 0.5) is 0 Å². The van der Waals surface area contributed by atoms with E-state index in [0.29, 0.717) is 6.54 Å². The van der Waals surface area contributed by atoms with Crippen LogP contribution < -0.4 is 5.32 Å². The van der Waals surface area contributed by atoms with Gasteiger partial charge in [-0.15, -0.1) is 0 Å². The van der Waals surface area contributed by atoms with Crippen LogP contribution in [0, 0.1) is 5.92 Å². The molecule has 1 atom stereocenters. The highest BCUT2D eigenvalue weighted by molar-refractivity contribution is 5.75. The number of aromatic amines is 1. The van der Waals surface area contributed by atoms with Crippen molar-refractivity contribution in [1.82, 2.24) is 15.3 Å². The minimum Gasteiger partial charge on any atom is -0.468 e. The van der Waals surface area contributed by atoms with Gasteiger partial charge in [-0.3, -0.25) is 10.1 Å². The first-order valence-electron chi connectivity index (χ1n) is 4.94. The number of ether oxygens (including phenoxy) is 1. The number of esters is 1. The van der Waals surface area contributed by atoms with E-state index in [4.69, 9.17) is 4.74 Å². The lowest BCUT2D eigenvalue weighted by molar-refractivity contribution is -0.144. The fraction of sp³-hybridized carbons (Fsp3) is 0.600. The maximum Gasteiger partial charge on any atom is 0.323 e. The molecule has 0 fully saturated rings. The van der Waals surface area contributed by atoms with Gasteiger partial charge in [-0.2, -0.15) is 0 Å². The Morgan fingerprint density at radius 2 is 2.40 bits per heavy atom. The Balaban J connectivity index is 2.49. The molecule has 1 aromatic heterocycles. The molecule has 5 heteroatoms. The normalized spacial score (nSPS) is 12.8. The fourth-order valence-corrected chi connectivity index (χ4v) is 1.32. The number of imidazole rings is 1. The number of carbonyl (C=O) groups excluding carboxylic acids is 1. The van der Waals surface area contributed by atoms with Crippen LogP contribution in [0.2, 0.25) is 0 Å². The number of nitrogens with zero attached hydrogens (tertiary/aromatic N) is 1. The SMILES string of the molecule is COC(=O)[C@@H](NCc1ncc[nH]1)C(C)C. The topological polar surface area (TPSA) is 67.0 Å². The molecule has 5 nitrogen and oxygen atoms in total. The van der Waals surface area contributed by atoms with Gasteiger partial charge in [-0.1, -0.05) is 13.8 Å². The molecule has 0 saturated carbocycles. The molecule has 15 heavy (non-hydrogen) atoms. The first-order valence-corrected chi connectivity index (χ1v) is 4.94. The van der Waals surface area contributed by atoms with Gasteiger partial charge in [0.2, 0.25) is 0 Å². The van der Waals surface area contributed by atoms with Crippen LogP contribution in [0.5, 0.6) is 0 Å². The standard InChI is InChI=1S/C10H17N3O2/c1-7(2)9(10(14)15-3)13-6-8-11-4-5-12-8/h4-5,7,9,13H,6H2,1-3H3,(H,11,12)/t9-/m0/s1. The summed E-state index contributed by atoms with van der Waals surface area (Å²) in [4.78, 5) is 18.4. The van der Waals surface area contributed by atoms with Crippen LogP contribution in [0.15, 0.2) is 12.4 Å². The molecule has 1 rings (SSSR count). The van der Waals surface area contributed by atoms with Crippen molar-refractivity contribution in [2.75, 3.05) is 7.11 Å². The average Bonchev–Trinajstić information content (AvgIpc) is 2.70. The van der Waals surface area contributed by atoms with Gasteiger partial charge in [-0.05, 0) is 5.92 Å². The second-order valence-electron chi connectivity index (χ2n) is 3.66. The molecule has 0 aliphatic heterocycles. The molecule has 0 radical (unpaired) electrons. The van der Waals surface area contributed by atoms with E-state index in [1.54, 1.807) is 12.4 Å². The van der Waals surface area contributed by atoms with Crippen molar-refractivity contribution in [2.24, 2.45) is 5.92 Å². The summed E-state index contributed by atoms with van der Waals surface area (Å²) in [7, 11) is 1.40. The summed E-state index contributed by atoms with van der Waals surface area (Å²) >= 11 is 0.